The predicted octanol–water partition coefficient (Wildman–Crippen LogP) is 0.284. The third-order valence-corrected chi connectivity index (χ3v) is 1.30. The molecule has 0 aromatic rings. The summed E-state index contributed by atoms with van der Waals surface area (Å²) in [6.45, 7) is 0.369. The summed E-state index contributed by atoms with van der Waals surface area (Å²) in [6, 6.07) is 0. The number of carboxylic acid groups (broad SMARTS) is 1. The SMILES string of the molecule is O=C(O)N1CCCC1=O.[Mn+2]. The molecule has 1 radical (unpaired) electrons. The first kappa shape index (κ1) is 9.46. The first-order valence-corrected chi connectivity index (χ1v) is 2.75. The van der Waals surface area contributed by atoms with Crippen LogP contribution in [0.1, 0.15) is 12.8 Å². The molecule has 4 nitrogen and oxygen atoms in total. The summed E-state index contributed by atoms with van der Waals surface area (Å²) in [5, 5.41) is 8.29. The number of carbonyl (C=O) groups is 2. The van der Waals surface area contributed by atoms with Gasteiger partial charge in [-0.15, -0.1) is 0 Å². The maximum absolute atomic E-state index is 10.6. The fourth-order valence-electron chi connectivity index (χ4n) is 0.850. The number of likely N-dealkylation sites (tertiary alicyclic amines) is 1. The van der Waals surface area contributed by atoms with Crippen LogP contribution in [0.15, 0.2) is 0 Å². The Hall–Kier alpha value is -0.541. The zero-order chi connectivity index (χ0) is 6.85. The number of rotatable bonds is 0. The van der Waals surface area contributed by atoms with Crippen LogP contribution in [0, 0.1) is 0 Å². The molecule has 0 unspecified atom stereocenters. The molecule has 10 heavy (non-hydrogen) atoms. The van der Waals surface area contributed by atoms with Gasteiger partial charge in [0.15, 0.2) is 0 Å². The molecule has 0 saturated carbocycles. The van der Waals surface area contributed by atoms with Gasteiger partial charge in [-0.1, -0.05) is 0 Å². The third-order valence-electron chi connectivity index (χ3n) is 1.30. The molecule has 0 aromatic carbocycles. The Labute approximate surface area is 68.7 Å². The molecule has 1 aliphatic heterocycles. The second-order valence-corrected chi connectivity index (χ2v) is 1.93. The van der Waals surface area contributed by atoms with E-state index in [0.29, 0.717) is 19.4 Å². The first-order valence-electron chi connectivity index (χ1n) is 2.75. The molecular weight excluding hydrogens is 177 g/mol. The fourth-order valence-corrected chi connectivity index (χ4v) is 0.850. The van der Waals surface area contributed by atoms with Crippen molar-refractivity contribution in [2.45, 2.75) is 12.8 Å². The van der Waals surface area contributed by atoms with Crippen molar-refractivity contribution in [3.8, 4) is 0 Å². The zero-order valence-corrected chi connectivity index (χ0v) is 6.39. The van der Waals surface area contributed by atoms with Crippen LogP contribution in [0.4, 0.5) is 4.79 Å². The van der Waals surface area contributed by atoms with Crippen LogP contribution in [-0.2, 0) is 21.9 Å². The van der Waals surface area contributed by atoms with E-state index < -0.39 is 6.09 Å². The van der Waals surface area contributed by atoms with Gasteiger partial charge in [0.25, 0.3) is 0 Å². The Morgan fingerprint density at radius 3 is 2.40 bits per heavy atom. The largest absolute Gasteiger partial charge is 2.00 e. The van der Waals surface area contributed by atoms with Gasteiger partial charge in [-0.2, -0.15) is 0 Å². The van der Waals surface area contributed by atoms with E-state index in [-0.39, 0.29) is 23.0 Å². The van der Waals surface area contributed by atoms with Gasteiger partial charge in [0.1, 0.15) is 0 Å². The fraction of sp³-hybridized carbons (Fsp3) is 0.600. The van der Waals surface area contributed by atoms with Crippen LogP contribution >= 0.6 is 0 Å². The van der Waals surface area contributed by atoms with Crippen LogP contribution in [0.5, 0.6) is 0 Å². The molecule has 0 aliphatic carbocycles. The number of amides is 2. The normalized spacial score (nSPS) is 16.8. The van der Waals surface area contributed by atoms with Crippen molar-refractivity contribution < 1.29 is 31.8 Å². The van der Waals surface area contributed by atoms with Gasteiger partial charge in [-0.3, -0.25) is 4.79 Å². The molecule has 0 bridgehead atoms. The number of imide groups is 1. The average molecular weight is 184 g/mol. The summed E-state index contributed by atoms with van der Waals surface area (Å²) in [5.41, 5.74) is 0. The third kappa shape index (κ3) is 1.72. The van der Waals surface area contributed by atoms with Gasteiger partial charge in [0.2, 0.25) is 5.91 Å². The van der Waals surface area contributed by atoms with Gasteiger partial charge in [0, 0.05) is 13.0 Å². The van der Waals surface area contributed by atoms with Crippen molar-refractivity contribution in [2.24, 2.45) is 0 Å². The van der Waals surface area contributed by atoms with E-state index in [1.807, 2.05) is 0 Å². The van der Waals surface area contributed by atoms with Crippen LogP contribution < -0.4 is 0 Å². The number of hydrogen-bond donors (Lipinski definition) is 1. The Morgan fingerprint density at radius 2 is 2.20 bits per heavy atom. The standard InChI is InChI=1S/C5H7NO3.Mn/c7-4-2-1-3-6(4)5(8)9;/h1-3H2,(H,8,9);/q;+2. The van der Waals surface area contributed by atoms with E-state index in [0.717, 1.165) is 4.90 Å². The summed E-state index contributed by atoms with van der Waals surface area (Å²) in [6.07, 6.45) is -0.0743. The molecule has 0 atom stereocenters. The van der Waals surface area contributed by atoms with Crippen LogP contribution in [0.25, 0.3) is 0 Å². The van der Waals surface area contributed by atoms with Gasteiger partial charge < -0.3 is 5.11 Å². The van der Waals surface area contributed by atoms with Crippen molar-refractivity contribution in [2.75, 3.05) is 6.54 Å². The first-order chi connectivity index (χ1) is 4.22. The van der Waals surface area contributed by atoms with Crippen molar-refractivity contribution in [3.63, 3.8) is 0 Å². The molecule has 1 N–H and O–H groups in total. The Morgan fingerprint density at radius 1 is 1.60 bits per heavy atom. The van der Waals surface area contributed by atoms with Crippen molar-refractivity contribution in [3.05, 3.63) is 0 Å². The monoisotopic (exact) mass is 184 g/mol. The van der Waals surface area contributed by atoms with Gasteiger partial charge in [-0.05, 0) is 6.42 Å². The number of carbonyl (C=O) groups excluding carboxylic acids is 1. The maximum atomic E-state index is 10.6. The van der Waals surface area contributed by atoms with Crippen LogP contribution in [0.3, 0.4) is 0 Å². The van der Waals surface area contributed by atoms with Crippen LogP contribution in [0.2, 0.25) is 0 Å². The summed E-state index contributed by atoms with van der Waals surface area (Å²) in [7, 11) is 0. The molecule has 0 spiro atoms. The van der Waals surface area contributed by atoms with E-state index in [9.17, 15) is 9.59 Å². The van der Waals surface area contributed by atoms with E-state index >= 15 is 0 Å². The van der Waals surface area contributed by atoms with Gasteiger partial charge >= 0.3 is 23.2 Å². The molecule has 0 aromatic heterocycles. The second-order valence-electron chi connectivity index (χ2n) is 1.93. The summed E-state index contributed by atoms with van der Waals surface area (Å²) < 4.78 is 0. The zero-order valence-electron chi connectivity index (χ0n) is 5.21. The van der Waals surface area contributed by atoms with Gasteiger partial charge in [0.05, 0.1) is 0 Å². The van der Waals surface area contributed by atoms with Gasteiger partial charge in [-0.25, -0.2) is 9.69 Å². The minimum absolute atomic E-state index is 0. The molecular formula is C5H7MnNO3+2. The van der Waals surface area contributed by atoms with Crippen molar-refractivity contribution in [1.29, 1.82) is 0 Å². The number of nitrogens with zero attached hydrogens (tertiary/aromatic N) is 1. The van der Waals surface area contributed by atoms with Crippen molar-refractivity contribution in [1.82, 2.24) is 4.90 Å². The Bertz CT molecular complexity index is 159. The number of hydrogen-bond acceptors (Lipinski definition) is 2. The summed E-state index contributed by atoms with van der Waals surface area (Å²) in [4.78, 5) is 21.5. The molecule has 1 rings (SSSR count). The van der Waals surface area contributed by atoms with Crippen LogP contribution in [-0.4, -0.2) is 28.6 Å². The average Bonchev–Trinajstić information content (AvgIpc) is 2.13. The molecule has 1 aliphatic rings. The van der Waals surface area contributed by atoms with Crippen molar-refractivity contribution >= 4 is 12.0 Å². The Balaban J connectivity index is 0.000000810. The Kier molecular flexibility index (Phi) is 3.39. The maximum Gasteiger partial charge on any atom is 2.00 e. The van der Waals surface area contributed by atoms with E-state index in [4.69, 9.17) is 5.11 Å². The quantitative estimate of drug-likeness (QED) is 0.550. The minimum Gasteiger partial charge on any atom is -0.465 e. The molecule has 2 amide bonds. The molecule has 1 saturated heterocycles. The second kappa shape index (κ2) is 3.58. The predicted molar refractivity (Wildman–Crippen MR) is 29.0 cm³/mol. The molecule has 55 valence electrons. The van der Waals surface area contributed by atoms with E-state index in [2.05, 4.69) is 0 Å². The molecule has 5 heteroatoms. The topological polar surface area (TPSA) is 57.6 Å². The molecule has 1 fully saturated rings. The molecule has 1 heterocycles. The summed E-state index contributed by atoms with van der Waals surface area (Å²) in [5.74, 6) is -0.275. The minimum atomic E-state index is -1.13. The summed E-state index contributed by atoms with van der Waals surface area (Å²) >= 11 is 0. The van der Waals surface area contributed by atoms with E-state index in [1.54, 1.807) is 0 Å². The van der Waals surface area contributed by atoms with E-state index in [1.165, 1.54) is 0 Å². The smallest absolute Gasteiger partial charge is 0.465 e.